The fourth-order valence-electron chi connectivity index (χ4n) is 3.09. The van der Waals surface area contributed by atoms with Crippen molar-refractivity contribution < 1.29 is 9.59 Å². The van der Waals surface area contributed by atoms with Gasteiger partial charge in [-0.05, 0) is 31.2 Å². The molecule has 1 saturated heterocycles. The molecule has 132 valence electrons. The van der Waals surface area contributed by atoms with Crippen LogP contribution < -0.4 is 5.32 Å². The number of hydrogen-bond acceptors (Lipinski definition) is 3. The summed E-state index contributed by atoms with van der Waals surface area (Å²) in [6.07, 6.45) is 3.39. The molecule has 2 amide bonds. The third-order valence-corrected chi connectivity index (χ3v) is 4.79. The Hall–Kier alpha value is -2.63. The van der Waals surface area contributed by atoms with E-state index in [2.05, 4.69) is 22.2 Å². The lowest BCUT2D eigenvalue weighted by molar-refractivity contribution is 0.0686. The van der Waals surface area contributed by atoms with Crippen LogP contribution in [0.5, 0.6) is 0 Å². The third kappa shape index (κ3) is 3.90. The Labute approximate surface area is 147 Å². The molecule has 6 heteroatoms. The first-order chi connectivity index (χ1) is 12.1. The standard InChI is InChI=1S/C19H24N4O2/c1-13-8-10-23(11-9-13)19(25)17-16(20-12-21-17)18(24)22-14(2)15-6-4-3-5-7-15/h3-7,12-14H,8-11H2,1-2H3,(H,20,21)(H,22,24)/t14-/m0/s1. The number of imidazole rings is 1. The summed E-state index contributed by atoms with van der Waals surface area (Å²) in [5.74, 6) is 0.147. The summed E-state index contributed by atoms with van der Waals surface area (Å²) in [6.45, 7) is 5.55. The van der Waals surface area contributed by atoms with Crippen molar-refractivity contribution in [3.63, 3.8) is 0 Å². The van der Waals surface area contributed by atoms with Gasteiger partial charge in [0.15, 0.2) is 5.69 Å². The van der Waals surface area contributed by atoms with Gasteiger partial charge >= 0.3 is 0 Å². The van der Waals surface area contributed by atoms with E-state index in [0.29, 0.717) is 5.92 Å². The molecule has 0 radical (unpaired) electrons. The van der Waals surface area contributed by atoms with Crippen LogP contribution >= 0.6 is 0 Å². The lowest BCUT2D eigenvalue weighted by Crippen LogP contribution is -2.39. The van der Waals surface area contributed by atoms with E-state index in [1.54, 1.807) is 4.90 Å². The monoisotopic (exact) mass is 340 g/mol. The molecule has 0 saturated carbocycles. The van der Waals surface area contributed by atoms with Gasteiger partial charge in [0, 0.05) is 13.1 Å². The van der Waals surface area contributed by atoms with Crippen LogP contribution in [0.4, 0.5) is 0 Å². The molecule has 1 aromatic heterocycles. The van der Waals surface area contributed by atoms with Crippen molar-refractivity contribution in [2.75, 3.05) is 13.1 Å². The van der Waals surface area contributed by atoms with E-state index in [9.17, 15) is 9.59 Å². The maximum Gasteiger partial charge on any atom is 0.272 e. The fraction of sp³-hybridized carbons (Fsp3) is 0.421. The molecule has 2 N–H and O–H groups in total. The van der Waals surface area contributed by atoms with Gasteiger partial charge in [-0.2, -0.15) is 0 Å². The predicted octanol–water partition coefficient (Wildman–Crippen LogP) is 2.77. The third-order valence-electron chi connectivity index (χ3n) is 4.79. The highest BCUT2D eigenvalue weighted by atomic mass is 16.2. The van der Waals surface area contributed by atoms with Crippen molar-refractivity contribution in [1.82, 2.24) is 20.2 Å². The number of rotatable bonds is 4. The topological polar surface area (TPSA) is 78.1 Å². The van der Waals surface area contributed by atoms with Gasteiger partial charge in [0.2, 0.25) is 0 Å². The first-order valence-corrected chi connectivity index (χ1v) is 8.74. The number of H-pyrrole nitrogens is 1. The highest BCUT2D eigenvalue weighted by molar-refractivity contribution is 6.04. The molecule has 0 spiro atoms. The molecule has 1 atom stereocenters. The number of carbonyl (C=O) groups excluding carboxylic acids is 2. The minimum Gasteiger partial charge on any atom is -0.344 e. The van der Waals surface area contributed by atoms with E-state index in [4.69, 9.17) is 0 Å². The summed E-state index contributed by atoms with van der Waals surface area (Å²) >= 11 is 0. The number of benzene rings is 1. The maximum atomic E-state index is 12.7. The number of likely N-dealkylation sites (tertiary alicyclic amines) is 1. The lowest BCUT2D eigenvalue weighted by Gasteiger charge is -2.30. The molecule has 6 nitrogen and oxygen atoms in total. The summed E-state index contributed by atoms with van der Waals surface area (Å²) in [5.41, 5.74) is 1.43. The highest BCUT2D eigenvalue weighted by Crippen LogP contribution is 2.19. The van der Waals surface area contributed by atoms with E-state index in [1.807, 2.05) is 37.3 Å². The molecular formula is C19H24N4O2. The van der Waals surface area contributed by atoms with Crippen molar-refractivity contribution in [3.8, 4) is 0 Å². The van der Waals surface area contributed by atoms with Gasteiger partial charge < -0.3 is 15.2 Å². The van der Waals surface area contributed by atoms with Gasteiger partial charge in [-0.3, -0.25) is 9.59 Å². The van der Waals surface area contributed by atoms with Crippen LogP contribution in [0.3, 0.4) is 0 Å². The number of hydrogen-bond donors (Lipinski definition) is 2. The van der Waals surface area contributed by atoms with Gasteiger partial charge in [0.05, 0.1) is 12.4 Å². The molecule has 1 aliphatic rings. The summed E-state index contributed by atoms with van der Waals surface area (Å²) in [4.78, 5) is 34.0. The van der Waals surface area contributed by atoms with Crippen molar-refractivity contribution in [3.05, 3.63) is 53.6 Å². The Bertz CT molecular complexity index is 733. The van der Waals surface area contributed by atoms with Gasteiger partial charge in [-0.25, -0.2) is 4.98 Å². The van der Waals surface area contributed by atoms with Crippen LogP contribution in [-0.2, 0) is 0 Å². The Morgan fingerprint density at radius 2 is 1.92 bits per heavy atom. The van der Waals surface area contributed by atoms with E-state index in [0.717, 1.165) is 31.5 Å². The number of aromatic amines is 1. The summed E-state index contributed by atoms with van der Waals surface area (Å²) in [5, 5.41) is 2.91. The molecule has 1 aliphatic heterocycles. The molecule has 2 aromatic rings. The largest absolute Gasteiger partial charge is 0.344 e. The van der Waals surface area contributed by atoms with Crippen LogP contribution in [0.1, 0.15) is 59.3 Å². The van der Waals surface area contributed by atoms with Crippen molar-refractivity contribution >= 4 is 11.8 Å². The molecule has 0 bridgehead atoms. The minimum atomic E-state index is -0.341. The van der Waals surface area contributed by atoms with Gasteiger partial charge in [-0.15, -0.1) is 0 Å². The average Bonchev–Trinajstić information content (AvgIpc) is 3.12. The summed E-state index contributed by atoms with van der Waals surface area (Å²) in [7, 11) is 0. The second-order valence-corrected chi connectivity index (χ2v) is 6.71. The van der Waals surface area contributed by atoms with Crippen LogP contribution in [0.2, 0.25) is 0 Å². The van der Waals surface area contributed by atoms with E-state index in [1.165, 1.54) is 6.33 Å². The number of nitrogens with zero attached hydrogens (tertiary/aromatic N) is 2. The van der Waals surface area contributed by atoms with Crippen LogP contribution in [0.25, 0.3) is 0 Å². The minimum absolute atomic E-state index is 0.151. The zero-order chi connectivity index (χ0) is 17.8. The SMILES string of the molecule is CC1CCN(C(=O)c2[nH]cnc2C(=O)N[C@@H](C)c2ccccc2)CC1. The molecule has 2 heterocycles. The smallest absolute Gasteiger partial charge is 0.272 e. The number of nitrogens with one attached hydrogen (secondary N) is 2. The van der Waals surface area contributed by atoms with Crippen LogP contribution in [0, 0.1) is 5.92 Å². The molecule has 25 heavy (non-hydrogen) atoms. The number of aromatic nitrogens is 2. The Morgan fingerprint density at radius 1 is 1.24 bits per heavy atom. The molecular weight excluding hydrogens is 316 g/mol. The summed E-state index contributed by atoms with van der Waals surface area (Å²) in [6, 6.07) is 9.54. The lowest BCUT2D eigenvalue weighted by atomic mass is 9.99. The van der Waals surface area contributed by atoms with Crippen LogP contribution in [-0.4, -0.2) is 39.8 Å². The molecule has 0 unspecified atom stereocenters. The van der Waals surface area contributed by atoms with Crippen LogP contribution in [0.15, 0.2) is 36.7 Å². The first-order valence-electron chi connectivity index (χ1n) is 8.74. The Balaban J connectivity index is 1.70. The number of amides is 2. The van der Waals surface area contributed by atoms with Gasteiger partial charge in [-0.1, -0.05) is 37.3 Å². The van der Waals surface area contributed by atoms with Gasteiger partial charge in [0.25, 0.3) is 11.8 Å². The van der Waals surface area contributed by atoms with E-state index >= 15 is 0 Å². The first kappa shape index (κ1) is 17.2. The van der Waals surface area contributed by atoms with Crippen molar-refractivity contribution in [1.29, 1.82) is 0 Å². The molecule has 1 aromatic carbocycles. The Morgan fingerprint density at radius 3 is 2.60 bits per heavy atom. The van der Waals surface area contributed by atoms with E-state index < -0.39 is 0 Å². The highest BCUT2D eigenvalue weighted by Gasteiger charge is 2.27. The van der Waals surface area contributed by atoms with Crippen molar-refractivity contribution in [2.45, 2.75) is 32.7 Å². The Kier molecular flexibility index (Phi) is 5.16. The molecule has 0 aliphatic carbocycles. The second kappa shape index (κ2) is 7.51. The molecule has 3 rings (SSSR count). The van der Waals surface area contributed by atoms with Crippen molar-refractivity contribution in [2.24, 2.45) is 5.92 Å². The number of carbonyl (C=O) groups is 2. The normalized spacial score (nSPS) is 16.5. The fourth-order valence-corrected chi connectivity index (χ4v) is 3.09. The quantitative estimate of drug-likeness (QED) is 0.898. The van der Waals surface area contributed by atoms with Gasteiger partial charge in [0.1, 0.15) is 5.69 Å². The second-order valence-electron chi connectivity index (χ2n) is 6.71. The predicted molar refractivity (Wildman–Crippen MR) is 95.2 cm³/mol. The maximum absolute atomic E-state index is 12.7. The molecule has 1 fully saturated rings. The summed E-state index contributed by atoms with van der Waals surface area (Å²) < 4.78 is 0. The average molecular weight is 340 g/mol. The van der Waals surface area contributed by atoms with E-state index in [-0.39, 0.29) is 29.2 Å². The number of piperidine rings is 1. The zero-order valence-electron chi connectivity index (χ0n) is 14.7. The zero-order valence-corrected chi connectivity index (χ0v) is 14.7.